The number of benzene rings is 1. The molecule has 1 rings (SSSR count). The highest BCUT2D eigenvalue weighted by Crippen LogP contribution is 2.38. The second-order valence-corrected chi connectivity index (χ2v) is 7.89. The number of halogens is 1. The summed E-state index contributed by atoms with van der Waals surface area (Å²) in [6, 6.07) is 6.93. The molecule has 136 valence electrons. The van der Waals surface area contributed by atoms with Crippen LogP contribution in [-0.2, 0) is 6.42 Å². The fraction of sp³-hybridized carbons (Fsp3) is 0.652. The molecule has 0 N–H and O–H groups in total. The fourth-order valence-corrected chi connectivity index (χ4v) is 3.62. The Kier molecular flexibility index (Phi) is 8.73. The number of hydrogen-bond acceptors (Lipinski definition) is 0. The van der Waals surface area contributed by atoms with Gasteiger partial charge in [0.2, 0.25) is 0 Å². The third kappa shape index (κ3) is 6.42. The molecule has 0 radical (unpaired) electrons. The lowest BCUT2D eigenvalue weighted by Gasteiger charge is -2.31. The highest BCUT2D eigenvalue weighted by atomic mass is 19.1. The third-order valence-electron chi connectivity index (χ3n) is 5.43. The van der Waals surface area contributed by atoms with Crippen molar-refractivity contribution in [1.82, 2.24) is 0 Å². The lowest BCUT2D eigenvalue weighted by atomic mass is 9.75. The fourth-order valence-electron chi connectivity index (χ4n) is 3.62. The summed E-state index contributed by atoms with van der Waals surface area (Å²) in [5.74, 6) is 0.517. The maximum Gasteiger partial charge on any atom is 0.100 e. The molecule has 0 fully saturated rings. The van der Waals surface area contributed by atoms with Crippen LogP contribution in [0.1, 0.15) is 88.8 Å². The molecule has 0 saturated heterocycles. The van der Waals surface area contributed by atoms with Gasteiger partial charge in [0.1, 0.15) is 6.17 Å². The predicted octanol–water partition coefficient (Wildman–Crippen LogP) is 7.55. The van der Waals surface area contributed by atoms with Crippen molar-refractivity contribution < 1.29 is 4.39 Å². The van der Waals surface area contributed by atoms with E-state index in [0.717, 1.165) is 25.7 Å². The molecule has 0 heterocycles. The van der Waals surface area contributed by atoms with E-state index >= 15 is 0 Å². The van der Waals surface area contributed by atoms with E-state index < -0.39 is 6.17 Å². The summed E-state index contributed by atoms with van der Waals surface area (Å²) < 4.78 is 13.9. The highest BCUT2D eigenvalue weighted by molar-refractivity contribution is 5.32. The zero-order valence-electron chi connectivity index (χ0n) is 16.5. The van der Waals surface area contributed by atoms with Crippen LogP contribution in [-0.4, -0.2) is 6.17 Å². The molecule has 0 nitrogen and oxygen atoms in total. The van der Waals surface area contributed by atoms with Gasteiger partial charge >= 0.3 is 0 Å². The summed E-state index contributed by atoms with van der Waals surface area (Å²) >= 11 is 0. The van der Waals surface area contributed by atoms with Crippen molar-refractivity contribution in [3.63, 3.8) is 0 Å². The van der Waals surface area contributed by atoms with Crippen LogP contribution in [0.5, 0.6) is 0 Å². The van der Waals surface area contributed by atoms with Gasteiger partial charge in [0, 0.05) is 0 Å². The van der Waals surface area contributed by atoms with E-state index in [2.05, 4.69) is 52.5 Å². The first-order valence-corrected chi connectivity index (χ1v) is 9.69. The van der Waals surface area contributed by atoms with Gasteiger partial charge in [0.15, 0.2) is 0 Å². The number of allylic oxidation sites excluding steroid dienone is 1. The van der Waals surface area contributed by atoms with Gasteiger partial charge < -0.3 is 0 Å². The minimum atomic E-state index is -0.694. The molecule has 0 aromatic heterocycles. The van der Waals surface area contributed by atoms with Crippen molar-refractivity contribution >= 4 is 0 Å². The van der Waals surface area contributed by atoms with Gasteiger partial charge in [-0.1, -0.05) is 58.4 Å². The number of rotatable bonds is 11. The van der Waals surface area contributed by atoms with Crippen molar-refractivity contribution in [2.24, 2.45) is 5.41 Å². The minimum Gasteiger partial charge on any atom is -0.247 e. The van der Waals surface area contributed by atoms with Gasteiger partial charge in [0.05, 0.1) is 0 Å². The Morgan fingerprint density at radius 2 is 2.00 bits per heavy atom. The van der Waals surface area contributed by atoms with E-state index in [-0.39, 0.29) is 5.41 Å². The Bertz CT molecular complexity index is 505. The number of aryl methyl sites for hydroxylation is 2. The van der Waals surface area contributed by atoms with E-state index in [1.165, 1.54) is 23.1 Å². The summed E-state index contributed by atoms with van der Waals surface area (Å²) in [4.78, 5) is 0. The summed E-state index contributed by atoms with van der Waals surface area (Å²) in [5, 5.41) is 0. The van der Waals surface area contributed by atoms with Crippen molar-refractivity contribution in [1.29, 1.82) is 0 Å². The Labute approximate surface area is 149 Å². The molecule has 1 aromatic carbocycles. The first-order chi connectivity index (χ1) is 11.3. The number of hydrogen-bond donors (Lipinski definition) is 0. The zero-order valence-corrected chi connectivity index (χ0v) is 16.5. The molecule has 0 aliphatic carbocycles. The summed E-state index contributed by atoms with van der Waals surface area (Å²) in [6.45, 7) is 14.8. The molecule has 0 spiro atoms. The molecule has 0 aliphatic heterocycles. The van der Waals surface area contributed by atoms with Crippen molar-refractivity contribution in [2.75, 3.05) is 0 Å². The molecule has 1 aromatic rings. The van der Waals surface area contributed by atoms with Gasteiger partial charge in [-0.25, -0.2) is 4.39 Å². The maximum absolute atomic E-state index is 13.9. The van der Waals surface area contributed by atoms with Gasteiger partial charge in [-0.2, -0.15) is 0 Å². The van der Waals surface area contributed by atoms with E-state index in [1.54, 1.807) is 0 Å². The van der Waals surface area contributed by atoms with E-state index in [9.17, 15) is 4.39 Å². The van der Waals surface area contributed by atoms with Crippen LogP contribution in [0.2, 0.25) is 0 Å². The predicted molar refractivity (Wildman–Crippen MR) is 106 cm³/mol. The first-order valence-electron chi connectivity index (χ1n) is 9.69. The Hall–Kier alpha value is -1.11. The maximum atomic E-state index is 13.9. The Morgan fingerprint density at radius 3 is 2.54 bits per heavy atom. The van der Waals surface area contributed by atoms with Gasteiger partial charge in [0.25, 0.3) is 0 Å². The van der Waals surface area contributed by atoms with Crippen LogP contribution in [0.25, 0.3) is 0 Å². The van der Waals surface area contributed by atoms with Crippen molar-refractivity contribution in [3.05, 3.63) is 47.5 Å². The van der Waals surface area contributed by atoms with Crippen LogP contribution < -0.4 is 0 Å². The minimum absolute atomic E-state index is 0.0304. The number of alkyl halides is 1. The van der Waals surface area contributed by atoms with Crippen molar-refractivity contribution in [2.45, 2.75) is 91.7 Å². The largest absolute Gasteiger partial charge is 0.247 e. The Balaban J connectivity index is 2.73. The topological polar surface area (TPSA) is 0 Å². The zero-order chi connectivity index (χ0) is 18.2. The van der Waals surface area contributed by atoms with Crippen LogP contribution in [0.3, 0.4) is 0 Å². The summed E-state index contributed by atoms with van der Waals surface area (Å²) in [7, 11) is 0. The molecular formula is C23H37F. The first kappa shape index (κ1) is 20.9. The molecule has 0 aliphatic rings. The molecule has 24 heavy (non-hydrogen) atoms. The normalized spacial score (nSPS) is 16.4. The molecular weight excluding hydrogens is 295 g/mol. The summed E-state index contributed by atoms with van der Waals surface area (Å²) in [5.41, 5.74) is 4.32. The van der Waals surface area contributed by atoms with E-state index in [1.807, 2.05) is 13.0 Å². The second kappa shape index (κ2) is 10.0. The average Bonchev–Trinajstić information content (AvgIpc) is 2.54. The third-order valence-corrected chi connectivity index (χ3v) is 5.43. The average molecular weight is 333 g/mol. The van der Waals surface area contributed by atoms with E-state index in [4.69, 9.17) is 0 Å². The van der Waals surface area contributed by atoms with Crippen LogP contribution in [0.4, 0.5) is 4.39 Å². The molecule has 0 bridgehead atoms. The molecule has 0 saturated carbocycles. The van der Waals surface area contributed by atoms with Crippen molar-refractivity contribution in [3.8, 4) is 0 Å². The molecule has 0 amide bonds. The molecule has 3 atom stereocenters. The smallest absolute Gasteiger partial charge is 0.100 e. The monoisotopic (exact) mass is 332 g/mol. The highest BCUT2D eigenvalue weighted by Gasteiger charge is 2.27. The lowest BCUT2D eigenvalue weighted by molar-refractivity contribution is 0.172. The summed E-state index contributed by atoms with van der Waals surface area (Å²) in [6.07, 6.45) is 7.93. The molecule has 1 heteroatoms. The van der Waals surface area contributed by atoms with Crippen LogP contribution >= 0.6 is 0 Å². The standard InChI is InChI=1S/C23H37F/c1-7-10-20-11-12-21(16-19(20)5)18(4)13-15-23(6,14-8-2)17-22(24)9-3/h8,11-12,16,18,22H,2,7,9-10,13-15,17H2,1,3-6H3. The van der Waals surface area contributed by atoms with Crippen LogP contribution in [0, 0.1) is 12.3 Å². The Morgan fingerprint density at radius 1 is 1.29 bits per heavy atom. The van der Waals surface area contributed by atoms with Gasteiger partial charge in [-0.15, -0.1) is 6.58 Å². The van der Waals surface area contributed by atoms with Gasteiger partial charge in [-0.05, 0) is 73.5 Å². The SMILES string of the molecule is C=CCC(C)(CCC(C)c1ccc(CCC)c(C)c1)CC(F)CC. The molecule has 3 unspecified atom stereocenters. The van der Waals surface area contributed by atoms with E-state index in [0.29, 0.717) is 18.8 Å². The lowest BCUT2D eigenvalue weighted by Crippen LogP contribution is -2.21. The van der Waals surface area contributed by atoms with Crippen LogP contribution in [0.15, 0.2) is 30.9 Å². The quantitative estimate of drug-likeness (QED) is 0.367. The second-order valence-electron chi connectivity index (χ2n) is 7.89. The van der Waals surface area contributed by atoms with Gasteiger partial charge in [-0.3, -0.25) is 0 Å².